The van der Waals surface area contributed by atoms with E-state index in [0.717, 1.165) is 27.6 Å². The van der Waals surface area contributed by atoms with Crippen LogP contribution >= 0.6 is 0 Å². The molecule has 2 aliphatic heterocycles. The fourth-order valence-corrected chi connectivity index (χ4v) is 6.63. The van der Waals surface area contributed by atoms with Gasteiger partial charge in [-0.3, -0.25) is 9.59 Å². The van der Waals surface area contributed by atoms with Crippen LogP contribution in [0.4, 0.5) is 9.18 Å². The average Bonchev–Trinajstić information content (AvgIpc) is 3.34. The third-order valence-corrected chi connectivity index (χ3v) is 8.70. The molecule has 0 spiro atoms. The fraction of sp³-hybridized carbons (Fsp3) is 0.312. The van der Waals surface area contributed by atoms with Crippen LogP contribution in [0.15, 0.2) is 47.3 Å². The van der Waals surface area contributed by atoms with E-state index in [2.05, 4.69) is 5.32 Å². The van der Waals surface area contributed by atoms with Crippen LogP contribution in [0.1, 0.15) is 70.7 Å². The summed E-state index contributed by atoms with van der Waals surface area (Å²) in [6, 6.07) is 12.3. The Balaban J connectivity index is 1.35. The van der Waals surface area contributed by atoms with Crippen LogP contribution in [0, 0.1) is 12.7 Å². The molecule has 1 amide bonds. The monoisotopic (exact) mass is 553 g/mol. The molecule has 2 atom stereocenters. The van der Waals surface area contributed by atoms with Gasteiger partial charge in [0.2, 0.25) is 0 Å². The zero-order valence-electron chi connectivity index (χ0n) is 22.8. The first-order valence-corrected chi connectivity index (χ1v) is 13.9. The molecular weight excluding hydrogens is 525 g/mol. The number of benzene rings is 2. The number of esters is 1. The minimum absolute atomic E-state index is 0.0611. The van der Waals surface area contributed by atoms with Gasteiger partial charge in [-0.05, 0) is 60.1 Å². The summed E-state index contributed by atoms with van der Waals surface area (Å²) in [6.07, 6.45) is 1.06. The average molecular weight is 554 g/mol. The highest BCUT2D eigenvalue weighted by Gasteiger charge is 2.37. The molecule has 41 heavy (non-hydrogen) atoms. The number of amides is 1. The molecule has 0 bridgehead atoms. The van der Waals surface area contributed by atoms with Gasteiger partial charge in [0.05, 0.1) is 41.0 Å². The van der Waals surface area contributed by atoms with E-state index in [1.165, 1.54) is 6.07 Å². The normalized spacial score (nSPS) is 18.4. The van der Waals surface area contributed by atoms with Gasteiger partial charge in [0.15, 0.2) is 0 Å². The smallest absolute Gasteiger partial charge is 0.407 e. The van der Waals surface area contributed by atoms with Gasteiger partial charge in [0.1, 0.15) is 19.0 Å². The number of rotatable bonds is 4. The summed E-state index contributed by atoms with van der Waals surface area (Å²) in [5.74, 6) is -1.21. The van der Waals surface area contributed by atoms with Crippen LogP contribution in [-0.2, 0) is 40.4 Å². The Morgan fingerprint density at radius 2 is 1.98 bits per heavy atom. The number of aryl methyl sites for hydroxylation is 1. The van der Waals surface area contributed by atoms with Gasteiger partial charge in [-0.15, -0.1) is 0 Å². The van der Waals surface area contributed by atoms with Crippen LogP contribution in [0.5, 0.6) is 0 Å². The number of halogens is 1. The third-order valence-electron chi connectivity index (χ3n) is 8.70. The number of hydrogen-bond donors (Lipinski definition) is 1. The maximum Gasteiger partial charge on any atom is 0.407 e. The lowest BCUT2D eigenvalue weighted by molar-refractivity contribution is -0.148. The molecule has 208 valence electrons. The zero-order valence-corrected chi connectivity index (χ0v) is 22.8. The summed E-state index contributed by atoms with van der Waals surface area (Å²) >= 11 is 0. The summed E-state index contributed by atoms with van der Waals surface area (Å²) in [5.41, 5.74) is 6.53. The van der Waals surface area contributed by atoms with Crippen molar-refractivity contribution in [2.24, 2.45) is 0 Å². The molecule has 1 unspecified atom stereocenters. The number of fused-ring (bicyclic) bond motifs is 5. The van der Waals surface area contributed by atoms with E-state index in [-0.39, 0.29) is 37.1 Å². The summed E-state index contributed by atoms with van der Waals surface area (Å²) in [4.78, 5) is 44.0. The summed E-state index contributed by atoms with van der Waals surface area (Å²) in [7, 11) is 0. The second-order valence-electron chi connectivity index (χ2n) is 10.9. The molecule has 4 aromatic rings. The van der Waals surface area contributed by atoms with Crippen molar-refractivity contribution in [3.8, 4) is 11.4 Å². The van der Waals surface area contributed by atoms with E-state index >= 15 is 4.39 Å². The standard InChI is InChI=1S/C32H28FN3O5/c1-3-18-20-11-26-29-21(13-36(26)30(37)22(20)15-40-31(18)38)28-24(35-32(39)41-14-17-7-5-4-6-8-17)10-9-19-16(2)23(33)12-25(34-29)27(19)28/h4-8,11-12,18,24H,3,9-10,13-15H2,1-2H3,(H,35,39)/t18?,24-/m0/s1. The maximum absolute atomic E-state index is 15.1. The summed E-state index contributed by atoms with van der Waals surface area (Å²) in [6.45, 7) is 3.98. The minimum atomic E-state index is -0.551. The van der Waals surface area contributed by atoms with E-state index in [4.69, 9.17) is 14.5 Å². The molecule has 9 heteroatoms. The Kier molecular flexibility index (Phi) is 5.92. The van der Waals surface area contributed by atoms with E-state index in [9.17, 15) is 14.4 Å². The number of pyridine rings is 2. The van der Waals surface area contributed by atoms with Crippen molar-refractivity contribution in [2.75, 3.05) is 0 Å². The number of hydrogen-bond acceptors (Lipinski definition) is 6. The van der Waals surface area contributed by atoms with Gasteiger partial charge in [-0.2, -0.15) is 0 Å². The van der Waals surface area contributed by atoms with Gasteiger partial charge in [0.25, 0.3) is 5.56 Å². The molecule has 0 fully saturated rings. The second kappa shape index (κ2) is 9.54. The number of ether oxygens (including phenoxy) is 2. The molecular formula is C32H28FN3O5. The molecule has 1 aliphatic carbocycles. The van der Waals surface area contributed by atoms with Crippen molar-refractivity contribution >= 4 is 23.0 Å². The highest BCUT2D eigenvalue weighted by Crippen LogP contribution is 2.45. The van der Waals surface area contributed by atoms with Gasteiger partial charge in [-0.25, -0.2) is 14.2 Å². The SMILES string of the molecule is CCC1C(=O)OCc2c1cc1n(c2=O)Cc2c-1nc1cc(F)c(C)c3c1c2[C@@H](NC(=O)OCc1ccccc1)CC3. The van der Waals surface area contributed by atoms with Crippen LogP contribution in [0.3, 0.4) is 0 Å². The molecule has 2 aromatic carbocycles. The lowest BCUT2D eigenvalue weighted by Gasteiger charge is -2.29. The third kappa shape index (κ3) is 3.94. The van der Waals surface area contributed by atoms with Gasteiger partial charge in [-0.1, -0.05) is 37.3 Å². The van der Waals surface area contributed by atoms with Gasteiger partial charge >= 0.3 is 12.1 Å². The van der Waals surface area contributed by atoms with Crippen LogP contribution < -0.4 is 10.9 Å². The summed E-state index contributed by atoms with van der Waals surface area (Å²) in [5, 5.41) is 3.85. The molecule has 7 rings (SSSR count). The molecule has 0 saturated heterocycles. The molecule has 0 radical (unpaired) electrons. The fourth-order valence-electron chi connectivity index (χ4n) is 6.63. The number of carbonyl (C=O) groups is 2. The zero-order chi connectivity index (χ0) is 28.4. The first-order valence-electron chi connectivity index (χ1n) is 13.9. The topological polar surface area (TPSA) is 99.5 Å². The Hall–Kier alpha value is -4.53. The van der Waals surface area contributed by atoms with Crippen molar-refractivity contribution in [3.63, 3.8) is 0 Å². The number of aromatic nitrogens is 2. The Morgan fingerprint density at radius 3 is 2.76 bits per heavy atom. The Morgan fingerprint density at radius 1 is 1.17 bits per heavy atom. The minimum Gasteiger partial charge on any atom is -0.460 e. The van der Waals surface area contributed by atoms with Crippen molar-refractivity contribution in [3.05, 3.63) is 97.6 Å². The largest absolute Gasteiger partial charge is 0.460 e. The molecule has 4 heterocycles. The van der Waals surface area contributed by atoms with E-state index in [1.54, 1.807) is 11.5 Å². The van der Waals surface area contributed by atoms with Crippen molar-refractivity contribution < 1.29 is 23.5 Å². The number of alkyl carbamates (subject to hydrolysis) is 1. The Labute approximate surface area is 235 Å². The van der Waals surface area contributed by atoms with Crippen molar-refractivity contribution in [1.82, 2.24) is 14.9 Å². The van der Waals surface area contributed by atoms with Crippen LogP contribution in [0.2, 0.25) is 0 Å². The lowest BCUT2D eigenvalue weighted by atomic mass is 9.81. The number of nitrogens with one attached hydrogen (secondary N) is 1. The first kappa shape index (κ1) is 25.4. The molecule has 3 aliphatic rings. The number of cyclic esters (lactones) is 1. The van der Waals surface area contributed by atoms with Crippen LogP contribution in [-0.4, -0.2) is 21.6 Å². The molecule has 1 N–H and O–H groups in total. The first-order chi connectivity index (χ1) is 19.9. The highest BCUT2D eigenvalue weighted by molar-refractivity contribution is 5.93. The predicted octanol–water partition coefficient (Wildman–Crippen LogP) is 5.34. The predicted molar refractivity (Wildman–Crippen MR) is 149 cm³/mol. The van der Waals surface area contributed by atoms with Crippen molar-refractivity contribution in [2.45, 2.75) is 64.8 Å². The van der Waals surface area contributed by atoms with E-state index in [1.807, 2.05) is 43.3 Å². The van der Waals surface area contributed by atoms with Gasteiger partial charge < -0.3 is 19.4 Å². The second-order valence-corrected chi connectivity index (χ2v) is 10.9. The highest BCUT2D eigenvalue weighted by atomic mass is 19.1. The van der Waals surface area contributed by atoms with Gasteiger partial charge in [0, 0.05) is 17.0 Å². The maximum atomic E-state index is 15.1. The van der Waals surface area contributed by atoms with Crippen molar-refractivity contribution in [1.29, 1.82) is 0 Å². The quantitative estimate of drug-likeness (QED) is 0.302. The lowest BCUT2D eigenvalue weighted by Crippen LogP contribution is -2.33. The van der Waals surface area contributed by atoms with E-state index < -0.39 is 18.1 Å². The number of nitrogens with zero attached hydrogens (tertiary/aromatic N) is 2. The summed E-state index contributed by atoms with van der Waals surface area (Å²) < 4.78 is 27.6. The molecule has 2 aromatic heterocycles. The molecule has 0 saturated carbocycles. The Bertz CT molecular complexity index is 1830. The number of carbonyl (C=O) groups excluding carboxylic acids is 2. The molecule has 8 nitrogen and oxygen atoms in total. The van der Waals surface area contributed by atoms with E-state index in [0.29, 0.717) is 52.9 Å². The van der Waals surface area contributed by atoms with Crippen LogP contribution in [0.25, 0.3) is 22.3 Å².